The standard InChI is InChI=1S/C21H32N4O6S2/c1-7-24(8-2)32(26,27)14-13-16(5)20-22-23-21(31-20)18-15-17(11-12-19(18)30-6)33(28,29)25(9-3)10-4/h11-13,15H,7-10,14H2,1-6H3/b16-13+. The van der Waals surface area contributed by atoms with Gasteiger partial charge in [-0.25, -0.2) is 21.1 Å². The highest BCUT2D eigenvalue weighted by Crippen LogP contribution is 2.33. The van der Waals surface area contributed by atoms with Crippen LogP contribution in [0.1, 0.15) is 40.5 Å². The maximum Gasteiger partial charge on any atom is 0.251 e. The SMILES string of the molecule is CCN(CC)S(=O)(=O)C/C=C(\C)c1nnc(-c2cc(S(=O)(=O)N(CC)CC)ccc2OC)o1. The maximum atomic E-state index is 12.9. The van der Waals surface area contributed by atoms with Crippen LogP contribution < -0.4 is 4.74 Å². The number of allylic oxidation sites excluding steroid dienone is 1. The Morgan fingerprint density at radius 2 is 1.61 bits per heavy atom. The number of methoxy groups -OCH3 is 1. The fourth-order valence-electron chi connectivity index (χ4n) is 3.26. The lowest BCUT2D eigenvalue weighted by Gasteiger charge is -2.19. The summed E-state index contributed by atoms with van der Waals surface area (Å²) >= 11 is 0. The first-order valence-electron chi connectivity index (χ1n) is 10.7. The van der Waals surface area contributed by atoms with Crippen molar-refractivity contribution in [3.63, 3.8) is 0 Å². The van der Waals surface area contributed by atoms with Crippen molar-refractivity contribution in [3.8, 4) is 17.2 Å². The fraction of sp³-hybridized carbons (Fsp3) is 0.524. The van der Waals surface area contributed by atoms with E-state index >= 15 is 0 Å². The van der Waals surface area contributed by atoms with E-state index in [9.17, 15) is 16.8 Å². The molecule has 0 atom stereocenters. The predicted octanol–water partition coefficient (Wildman–Crippen LogP) is 2.85. The third-order valence-electron chi connectivity index (χ3n) is 5.21. The molecule has 184 valence electrons. The third kappa shape index (κ3) is 5.99. The van der Waals surface area contributed by atoms with Crippen LogP contribution in [0.15, 0.2) is 33.6 Å². The Hall–Kier alpha value is -2.28. The quantitative estimate of drug-likeness (QED) is 0.436. The highest BCUT2D eigenvalue weighted by Gasteiger charge is 2.25. The van der Waals surface area contributed by atoms with Crippen molar-refractivity contribution in [2.45, 2.75) is 39.5 Å². The molecule has 10 nitrogen and oxygen atoms in total. The van der Waals surface area contributed by atoms with E-state index in [0.29, 0.717) is 43.1 Å². The molecule has 0 spiro atoms. The van der Waals surface area contributed by atoms with Crippen LogP contribution >= 0.6 is 0 Å². The summed E-state index contributed by atoms with van der Waals surface area (Å²) in [6.45, 7) is 10.2. The van der Waals surface area contributed by atoms with Gasteiger partial charge in [0.05, 0.1) is 23.3 Å². The molecule has 0 aliphatic rings. The van der Waals surface area contributed by atoms with Gasteiger partial charge in [0.1, 0.15) is 5.75 Å². The second-order valence-electron chi connectivity index (χ2n) is 7.11. The molecule has 1 aromatic heterocycles. The Kier molecular flexibility index (Phi) is 9.18. The molecule has 2 rings (SSSR count). The van der Waals surface area contributed by atoms with Gasteiger partial charge in [-0.15, -0.1) is 10.2 Å². The molecule has 0 saturated heterocycles. The molecule has 0 amide bonds. The summed E-state index contributed by atoms with van der Waals surface area (Å²) in [6.07, 6.45) is 1.52. The maximum absolute atomic E-state index is 12.9. The van der Waals surface area contributed by atoms with Gasteiger partial charge < -0.3 is 9.15 Å². The predicted molar refractivity (Wildman–Crippen MR) is 127 cm³/mol. The molecule has 1 heterocycles. The normalized spacial score (nSPS) is 13.2. The van der Waals surface area contributed by atoms with E-state index in [-0.39, 0.29) is 22.4 Å². The minimum atomic E-state index is -3.70. The van der Waals surface area contributed by atoms with Gasteiger partial charge in [0.2, 0.25) is 25.9 Å². The highest BCUT2D eigenvalue weighted by atomic mass is 32.2. The van der Waals surface area contributed by atoms with Crippen LogP contribution in [0.2, 0.25) is 0 Å². The molecule has 33 heavy (non-hydrogen) atoms. The average Bonchev–Trinajstić information content (AvgIpc) is 3.28. The van der Waals surface area contributed by atoms with Gasteiger partial charge in [-0.1, -0.05) is 33.8 Å². The van der Waals surface area contributed by atoms with Crippen LogP contribution in [0.5, 0.6) is 5.75 Å². The minimum absolute atomic E-state index is 0.0674. The Bertz CT molecular complexity index is 1180. The number of ether oxygens (including phenoxy) is 1. The van der Waals surface area contributed by atoms with E-state index < -0.39 is 20.0 Å². The fourth-order valence-corrected chi connectivity index (χ4v) is 6.20. The van der Waals surface area contributed by atoms with Crippen LogP contribution in [0.4, 0.5) is 0 Å². The molecule has 2 aromatic rings. The van der Waals surface area contributed by atoms with E-state index in [1.807, 2.05) is 0 Å². The summed E-state index contributed by atoms with van der Waals surface area (Å²) in [5, 5.41) is 8.03. The molecule has 12 heteroatoms. The summed E-state index contributed by atoms with van der Waals surface area (Å²) in [5.41, 5.74) is 0.823. The number of hydrogen-bond donors (Lipinski definition) is 0. The van der Waals surface area contributed by atoms with Crippen LogP contribution in [0.25, 0.3) is 17.0 Å². The minimum Gasteiger partial charge on any atom is -0.496 e. The Balaban J connectivity index is 2.41. The molecule has 0 aliphatic carbocycles. The zero-order valence-corrected chi connectivity index (χ0v) is 21.5. The van der Waals surface area contributed by atoms with Crippen LogP contribution in [0, 0.1) is 0 Å². The zero-order valence-electron chi connectivity index (χ0n) is 19.9. The van der Waals surface area contributed by atoms with Gasteiger partial charge in [0, 0.05) is 31.8 Å². The van der Waals surface area contributed by atoms with Gasteiger partial charge in [-0.2, -0.15) is 4.31 Å². The van der Waals surface area contributed by atoms with Crippen LogP contribution in [-0.4, -0.2) is 74.7 Å². The average molecular weight is 501 g/mol. The number of aromatic nitrogens is 2. The Morgan fingerprint density at radius 1 is 1.00 bits per heavy atom. The van der Waals surface area contributed by atoms with E-state index in [1.165, 1.54) is 40.0 Å². The van der Waals surface area contributed by atoms with Gasteiger partial charge in [0.25, 0.3) is 5.89 Å². The lowest BCUT2D eigenvalue weighted by molar-refractivity contribution is 0.413. The first-order chi connectivity index (χ1) is 15.5. The first-order valence-corrected chi connectivity index (χ1v) is 13.8. The largest absolute Gasteiger partial charge is 0.496 e. The van der Waals surface area contributed by atoms with Gasteiger partial charge in [0.15, 0.2) is 0 Å². The number of nitrogens with zero attached hydrogens (tertiary/aromatic N) is 4. The summed E-state index contributed by atoms with van der Waals surface area (Å²) in [5.74, 6) is 0.380. The summed E-state index contributed by atoms with van der Waals surface area (Å²) in [4.78, 5) is 0.0827. The van der Waals surface area contributed by atoms with Gasteiger partial charge >= 0.3 is 0 Å². The Labute approximate surface area is 196 Å². The van der Waals surface area contributed by atoms with Crippen molar-refractivity contribution in [2.75, 3.05) is 39.0 Å². The van der Waals surface area contributed by atoms with Crippen molar-refractivity contribution in [1.29, 1.82) is 0 Å². The van der Waals surface area contributed by atoms with Gasteiger partial charge in [-0.05, 0) is 25.1 Å². The Morgan fingerprint density at radius 3 is 2.15 bits per heavy atom. The van der Waals surface area contributed by atoms with Crippen LogP contribution in [0.3, 0.4) is 0 Å². The number of benzene rings is 1. The summed E-state index contributed by atoms with van der Waals surface area (Å²) in [6, 6.07) is 4.44. The van der Waals surface area contributed by atoms with E-state index in [4.69, 9.17) is 9.15 Å². The molecule has 0 N–H and O–H groups in total. The van der Waals surface area contributed by atoms with E-state index in [0.717, 1.165) is 0 Å². The van der Waals surface area contributed by atoms with Crippen molar-refractivity contribution < 1.29 is 26.0 Å². The second-order valence-corrected chi connectivity index (χ2v) is 11.1. The number of hydrogen-bond acceptors (Lipinski definition) is 8. The molecule has 0 unspecified atom stereocenters. The lowest BCUT2D eigenvalue weighted by atomic mass is 10.2. The van der Waals surface area contributed by atoms with Gasteiger partial charge in [-0.3, -0.25) is 0 Å². The van der Waals surface area contributed by atoms with Crippen LogP contribution in [-0.2, 0) is 20.0 Å². The number of sulfonamides is 2. The second kappa shape index (κ2) is 11.2. The summed E-state index contributed by atoms with van der Waals surface area (Å²) in [7, 11) is -5.68. The monoisotopic (exact) mass is 500 g/mol. The number of rotatable bonds is 12. The van der Waals surface area contributed by atoms with Crippen molar-refractivity contribution in [1.82, 2.24) is 18.8 Å². The van der Waals surface area contributed by atoms with E-state index in [1.54, 1.807) is 34.6 Å². The molecule has 0 fully saturated rings. The smallest absolute Gasteiger partial charge is 0.251 e. The summed E-state index contributed by atoms with van der Waals surface area (Å²) < 4.78 is 64.5. The van der Waals surface area contributed by atoms with Crippen molar-refractivity contribution in [2.24, 2.45) is 0 Å². The first kappa shape index (κ1) is 27.0. The topological polar surface area (TPSA) is 123 Å². The molecule has 0 bridgehead atoms. The molecule has 0 aliphatic heterocycles. The molecular formula is C21H32N4O6S2. The molecule has 0 radical (unpaired) electrons. The molecule has 0 saturated carbocycles. The third-order valence-corrected chi connectivity index (χ3v) is 9.14. The van der Waals surface area contributed by atoms with E-state index in [2.05, 4.69) is 10.2 Å². The molecular weight excluding hydrogens is 468 g/mol. The van der Waals surface area contributed by atoms with Crippen molar-refractivity contribution in [3.05, 3.63) is 30.2 Å². The highest BCUT2D eigenvalue weighted by molar-refractivity contribution is 7.89. The zero-order chi connectivity index (χ0) is 24.8. The van der Waals surface area contributed by atoms with Crippen molar-refractivity contribution >= 4 is 25.6 Å². The molecule has 1 aromatic carbocycles. The lowest BCUT2D eigenvalue weighted by Crippen LogP contribution is -2.32.